The Labute approximate surface area is 362 Å². The van der Waals surface area contributed by atoms with Gasteiger partial charge in [0.25, 0.3) is 0 Å². The monoisotopic (exact) mass is 787 g/mol. The normalized spacial score (nSPS) is 14.1. The van der Waals surface area contributed by atoms with Crippen LogP contribution in [0.4, 0.5) is 17.1 Å². The molecule has 298 valence electrons. The molecule has 0 spiro atoms. The van der Waals surface area contributed by atoms with Crippen molar-refractivity contribution in [3.63, 3.8) is 0 Å². The summed E-state index contributed by atoms with van der Waals surface area (Å²) in [5.74, 6) is 0. The minimum atomic E-state index is -0.412. The van der Waals surface area contributed by atoms with E-state index < -0.39 is 5.41 Å². The Morgan fingerprint density at radius 1 is 0.410 bits per heavy atom. The van der Waals surface area contributed by atoms with Crippen molar-refractivity contribution in [1.82, 2.24) is 0 Å². The first-order valence-electron chi connectivity index (χ1n) is 22.0. The van der Waals surface area contributed by atoms with Crippen LogP contribution in [0.15, 0.2) is 176 Å². The second-order valence-electron chi connectivity index (χ2n) is 17.3. The van der Waals surface area contributed by atoms with E-state index in [1.54, 1.807) is 0 Å². The molecule has 2 aliphatic rings. The van der Waals surface area contributed by atoms with Crippen LogP contribution in [0.25, 0.3) is 34.4 Å². The first-order chi connectivity index (χ1) is 29.8. The van der Waals surface area contributed by atoms with E-state index in [0.717, 1.165) is 12.8 Å². The number of benzene rings is 8. The average molecular weight is 788 g/mol. The lowest BCUT2D eigenvalue weighted by atomic mass is 9.67. The highest BCUT2D eigenvalue weighted by molar-refractivity contribution is 5.93. The Morgan fingerprint density at radius 2 is 0.934 bits per heavy atom. The SMILES string of the molecule is CCC1(CC)c2cc(/C=C/c3cccc4c3-c3ccccc3C4(c3ccccc3)c3ccccc3)ccc2-c2ccc(N(c3ccc(C)c(C)c3)c3ccc(C)c(C)c3)cc21. The standard InChI is InChI=1S/C60H53N/c1-7-59(8-2)56-38-44(29-34-51(56)52-35-33-50(39-57(52)59)61(48-31-26-40(3)42(5)36-48)49-32-27-41(4)43(6)37-49)28-30-45-18-17-25-55-58(45)53-23-15-16-24-54(53)60(55,46-19-11-9-12-20-46)47-21-13-10-14-22-47/h9-39H,7-8H2,1-6H3/b30-28+. The number of nitrogens with zero attached hydrogens (tertiary/aromatic N) is 1. The smallest absolute Gasteiger partial charge is 0.0713 e. The van der Waals surface area contributed by atoms with Crippen molar-refractivity contribution in [2.24, 2.45) is 0 Å². The van der Waals surface area contributed by atoms with Crippen LogP contribution in [0.3, 0.4) is 0 Å². The molecule has 0 amide bonds. The number of hydrogen-bond acceptors (Lipinski definition) is 1. The van der Waals surface area contributed by atoms with Gasteiger partial charge in [0, 0.05) is 22.5 Å². The Hall–Kier alpha value is -6.70. The summed E-state index contributed by atoms with van der Waals surface area (Å²) in [5, 5.41) is 0. The van der Waals surface area contributed by atoms with Crippen LogP contribution in [-0.2, 0) is 10.8 Å². The summed E-state index contributed by atoms with van der Waals surface area (Å²) in [7, 11) is 0. The molecular weight excluding hydrogens is 735 g/mol. The molecule has 8 aromatic rings. The third-order valence-corrected chi connectivity index (χ3v) is 14.3. The van der Waals surface area contributed by atoms with E-state index in [0.29, 0.717) is 0 Å². The second kappa shape index (κ2) is 15.1. The van der Waals surface area contributed by atoms with Crippen LogP contribution in [0.5, 0.6) is 0 Å². The predicted octanol–water partition coefficient (Wildman–Crippen LogP) is 16.0. The number of rotatable bonds is 9. The fourth-order valence-electron chi connectivity index (χ4n) is 10.8. The molecule has 1 nitrogen and oxygen atoms in total. The number of aryl methyl sites for hydroxylation is 4. The summed E-state index contributed by atoms with van der Waals surface area (Å²) in [6.07, 6.45) is 6.75. The van der Waals surface area contributed by atoms with Crippen molar-refractivity contribution in [2.45, 2.75) is 65.2 Å². The van der Waals surface area contributed by atoms with Crippen LogP contribution in [-0.4, -0.2) is 0 Å². The molecule has 1 heteroatoms. The van der Waals surface area contributed by atoms with Crippen molar-refractivity contribution in [1.29, 1.82) is 0 Å². The summed E-state index contributed by atoms with van der Waals surface area (Å²) in [6.45, 7) is 13.6. The fraction of sp³-hybridized carbons (Fsp3) is 0.167. The molecule has 0 N–H and O–H groups in total. The van der Waals surface area contributed by atoms with Gasteiger partial charge in [-0.1, -0.05) is 166 Å². The minimum absolute atomic E-state index is 0.0967. The molecule has 10 rings (SSSR count). The van der Waals surface area contributed by atoms with E-state index in [4.69, 9.17) is 0 Å². The molecule has 0 atom stereocenters. The van der Waals surface area contributed by atoms with Gasteiger partial charge in [-0.3, -0.25) is 0 Å². The van der Waals surface area contributed by atoms with Crippen molar-refractivity contribution in [3.05, 3.63) is 243 Å². The van der Waals surface area contributed by atoms with E-state index in [2.05, 4.69) is 235 Å². The third kappa shape index (κ3) is 5.97. The summed E-state index contributed by atoms with van der Waals surface area (Å²) in [5.41, 5.74) is 24.2. The topological polar surface area (TPSA) is 3.24 Å². The quantitative estimate of drug-likeness (QED) is 0.132. The van der Waals surface area contributed by atoms with Gasteiger partial charge in [0.2, 0.25) is 0 Å². The van der Waals surface area contributed by atoms with E-state index in [1.807, 2.05) is 0 Å². The lowest BCUT2D eigenvalue weighted by Crippen LogP contribution is -2.28. The van der Waals surface area contributed by atoms with Gasteiger partial charge in [-0.25, -0.2) is 0 Å². The lowest BCUT2D eigenvalue weighted by molar-refractivity contribution is 0.490. The number of hydrogen-bond donors (Lipinski definition) is 0. The van der Waals surface area contributed by atoms with Gasteiger partial charge in [0.15, 0.2) is 0 Å². The lowest BCUT2D eigenvalue weighted by Gasteiger charge is -2.33. The van der Waals surface area contributed by atoms with E-state index in [-0.39, 0.29) is 5.41 Å². The largest absolute Gasteiger partial charge is 0.310 e. The molecule has 0 heterocycles. The zero-order valence-electron chi connectivity index (χ0n) is 36.3. The molecule has 0 radical (unpaired) electrons. The molecule has 0 aromatic heterocycles. The number of fused-ring (bicyclic) bond motifs is 6. The van der Waals surface area contributed by atoms with Crippen molar-refractivity contribution < 1.29 is 0 Å². The Kier molecular flexibility index (Phi) is 9.52. The summed E-state index contributed by atoms with van der Waals surface area (Å²) in [4.78, 5) is 2.45. The Morgan fingerprint density at radius 3 is 1.54 bits per heavy atom. The third-order valence-electron chi connectivity index (χ3n) is 14.3. The molecule has 8 aromatic carbocycles. The van der Waals surface area contributed by atoms with Gasteiger partial charge in [-0.05, 0) is 166 Å². The summed E-state index contributed by atoms with van der Waals surface area (Å²) in [6, 6.07) is 66.2. The molecule has 2 aliphatic carbocycles. The summed E-state index contributed by atoms with van der Waals surface area (Å²) < 4.78 is 0. The van der Waals surface area contributed by atoms with Crippen LogP contribution in [0.2, 0.25) is 0 Å². The van der Waals surface area contributed by atoms with Crippen LogP contribution in [0.1, 0.15) is 93.5 Å². The minimum Gasteiger partial charge on any atom is -0.310 e. The average Bonchev–Trinajstić information content (AvgIpc) is 3.76. The molecular formula is C60H53N. The molecule has 0 unspecified atom stereocenters. The second-order valence-corrected chi connectivity index (χ2v) is 17.3. The first kappa shape index (κ1) is 38.5. The Balaban J connectivity index is 1.07. The molecule has 0 saturated heterocycles. The van der Waals surface area contributed by atoms with Gasteiger partial charge >= 0.3 is 0 Å². The zero-order chi connectivity index (χ0) is 41.9. The van der Waals surface area contributed by atoms with Gasteiger partial charge in [0.05, 0.1) is 5.41 Å². The molecule has 61 heavy (non-hydrogen) atoms. The van der Waals surface area contributed by atoms with Crippen LogP contribution >= 0.6 is 0 Å². The van der Waals surface area contributed by atoms with Gasteiger partial charge in [-0.2, -0.15) is 0 Å². The summed E-state index contributed by atoms with van der Waals surface area (Å²) >= 11 is 0. The van der Waals surface area contributed by atoms with E-state index in [9.17, 15) is 0 Å². The number of anilines is 3. The van der Waals surface area contributed by atoms with Crippen LogP contribution < -0.4 is 4.90 Å². The zero-order valence-corrected chi connectivity index (χ0v) is 36.3. The molecule has 0 fully saturated rings. The van der Waals surface area contributed by atoms with Gasteiger partial charge in [-0.15, -0.1) is 0 Å². The van der Waals surface area contributed by atoms with E-state index >= 15 is 0 Å². The Bertz CT molecular complexity index is 2890. The predicted molar refractivity (Wildman–Crippen MR) is 260 cm³/mol. The van der Waals surface area contributed by atoms with Crippen LogP contribution in [0, 0.1) is 27.7 Å². The maximum Gasteiger partial charge on any atom is 0.0713 e. The van der Waals surface area contributed by atoms with Crippen molar-refractivity contribution >= 4 is 29.2 Å². The van der Waals surface area contributed by atoms with Gasteiger partial charge in [0.1, 0.15) is 0 Å². The molecule has 0 aliphatic heterocycles. The fourth-order valence-corrected chi connectivity index (χ4v) is 10.8. The highest BCUT2D eigenvalue weighted by Gasteiger charge is 2.46. The van der Waals surface area contributed by atoms with E-state index in [1.165, 1.54) is 106 Å². The van der Waals surface area contributed by atoms with Crippen molar-refractivity contribution in [3.8, 4) is 22.3 Å². The maximum absolute atomic E-state index is 2.50. The molecule has 0 bridgehead atoms. The van der Waals surface area contributed by atoms with Crippen molar-refractivity contribution in [2.75, 3.05) is 4.90 Å². The maximum atomic E-state index is 2.50. The van der Waals surface area contributed by atoms with Gasteiger partial charge < -0.3 is 4.90 Å². The molecule has 0 saturated carbocycles. The highest BCUT2D eigenvalue weighted by atomic mass is 15.1. The first-order valence-corrected chi connectivity index (χ1v) is 22.0. The highest BCUT2D eigenvalue weighted by Crippen LogP contribution is 2.58.